The first-order valence-electron chi connectivity index (χ1n) is 7.22. The molecule has 0 spiro atoms. The van der Waals surface area contributed by atoms with Crippen molar-refractivity contribution in [2.45, 2.75) is 76.2 Å². The Morgan fingerprint density at radius 1 is 0.833 bits per heavy atom. The van der Waals surface area contributed by atoms with E-state index in [9.17, 15) is 45.0 Å². The van der Waals surface area contributed by atoms with Crippen molar-refractivity contribution in [3.8, 4) is 0 Å². The minimum Gasteiger partial charge on any atom is -0.390 e. The number of hydrogen-bond donors (Lipinski definition) is 6. The van der Waals surface area contributed by atoms with Crippen molar-refractivity contribution in [2.75, 3.05) is 0 Å². The number of hydrogen-bond acceptors (Lipinski definition) is 9. The Bertz CT molecular complexity index is 537. The van der Waals surface area contributed by atoms with Crippen LogP contribution in [0.4, 0.5) is 0 Å². The first-order chi connectivity index (χ1) is 10.4. The molecule has 0 fully saturated rings. The van der Waals surface area contributed by atoms with Crippen LogP contribution in [0, 0.1) is 0 Å². The molecule has 140 valence electrons. The Hall–Kier alpha value is -1.23. The van der Waals surface area contributed by atoms with Crippen molar-refractivity contribution in [3.05, 3.63) is 0 Å². The minimum atomic E-state index is -3.39. The van der Waals surface area contributed by atoms with E-state index in [0.29, 0.717) is 13.8 Å². The summed E-state index contributed by atoms with van der Waals surface area (Å²) in [7, 11) is 0. The van der Waals surface area contributed by atoms with E-state index in [1.165, 1.54) is 0 Å². The van der Waals surface area contributed by atoms with E-state index >= 15 is 0 Å². The maximum atomic E-state index is 12.1. The van der Waals surface area contributed by atoms with E-state index in [4.69, 9.17) is 0 Å². The lowest BCUT2D eigenvalue weighted by atomic mass is 9.59. The highest BCUT2D eigenvalue weighted by atomic mass is 16.4. The summed E-state index contributed by atoms with van der Waals surface area (Å²) in [4.78, 5) is 35.3. The van der Waals surface area contributed by atoms with Crippen LogP contribution in [0.1, 0.15) is 41.5 Å². The second kappa shape index (κ2) is 6.58. The molecule has 0 saturated carbocycles. The molecular weight excluding hydrogens is 324 g/mol. The van der Waals surface area contributed by atoms with E-state index in [1.807, 2.05) is 0 Å². The van der Waals surface area contributed by atoms with Gasteiger partial charge >= 0.3 is 0 Å². The van der Waals surface area contributed by atoms with Gasteiger partial charge in [0.2, 0.25) is 0 Å². The molecule has 0 rings (SSSR count). The second-order valence-corrected chi connectivity index (χ2v) is 6.50. The topological polar surface area (TPSA) is 173 Å². The van der Waals surface area contributed by atoms with Gasteiger partial charge in [-0.15, -0.1) is 0 Å². The maximum absolute atomic E-state index is 12.1. The summed E-state index contributed by atoms with van der Waals surface area (Å²) in [5.74, 6) is -3.60. The molecule has 0 saturated heterocycles. The van der Waals surface area contributed by atoms with Crippen LogP contribution in [0.2, 0.25) is 0 Å². The van der Waals surface area contributed by atoms with Crippen LogP contribution in [0.15, 0.2) is 0 Å². The van der Waals surface area contributed by atoms with Crippen LogP contribution in [0.5, 0.6) is 0 Å². The molecule has 9 heteroatoms. The lowest BCUT2D eigenvalue weighted by Crippen LogP contribution is -2.82. The number of Topliss-reactive ketones (excluding diaryl/α,β-unsaturated/α-hetero) is 3. The molecule has 0 aliphatic rings. The summed E-state index contributed by atoms with van der Waals surface area (Å²) in [5, 5.41) is 62.2. The quantitative estimate of drug-likeness (QED) is 0.276. The van der Waals surface area contributed by atoms with Gasteiger partial charge in [-0.2, -0.15) is 0 Å². The Kier molecular flexibility index (Phi) is 6.25. The third-order valence-electron chi connectivity index (χ3n) is 4.75. The predicted octanol–water partition coefficient (Wildman–Crippen LogP) is -2.54. The summed E-state index contributed by atoms with van der Waals surface area (Å²) in [6, 6.07) is 0. The minimum absolute atomic E-state index is 0.643. The molecule has 0 aromatic rings. The highest BCUT2D eigenvalue weighted by Crippen LogP contribution is 2.44. The van der Waals surface area contributed by atoms with Crippen LogP contribution in [-0.2, 0) is 14.4 Å². The number of rotatable bonds is 8. The monoisotopic (exact) mass is 350 g/mol. The summed E-state index contributed by atoms with van der Waals surface area (Å²) in [6.07, 6.45) is -4.30. The van der Waals surface area contributed by atoms with Gasteiger partial charge in [-0.1, -0.05) is 0 Å². The summed E-state index contributed by atoms with van der Waals surface area (Å²) in [6.45, 7) is 4.63. The fraction of sp³-hybridized carbons (Fsp3) is 0.800. The average molecular weight is 350 g/mol. The van der Waals surface area contributed by atoms with Crippen LogP contribution in [0.25, 0.3) is 0 Å². The van der Waals surface area contributed by atoms with Crippen molar-refractivity contribution in [3.63, 3.8) is 0 Å². The molecular formula is C15H26O9. The maximum Gasteiger partial charge on any atom is 0.185 e. The third kappa shape index (κ3) is 2.81. The normalized spacial score (nSPS) is 24.5. The van der Waals surface area contributed by atoms with Crippen molar-refractivity contribution in [2.24, 2.45) is 0 Å². The van der Waals surface area contributed by atoms with Gasteiger partial charge in [0, 0.05) is 0 Å². The van der Waals surface area contributed by atoms with Gasteiger partial charge in [-0.25, -0.2) is 0 Å². The number of aliphatic hydroxyl groups is 6. The SMILES string of the molecule is CC(=O)C(O)[C@](C)(O)[C@](O)(C(C)=O)[C@](C)(O)[C@@](O)(C(C)=O)C(C)O. The van der Waals surface area contributed by atoms with Gasteiger partial charge < -0.3 is 30.6 Å². The standard InChI is InChI=1S/C15H26O9/c1-7(16)11(20)12(5,21)15(24,10(4)19)13(6,22)14(23,8(2)17)9(3)18/h8,11,17,20-24H,1-6H3/t8?,11?,12-,13+,14-,15+/m0/s1. The first-order valence-corrected chi connectivity index (χ1v) is 7.22. The number of carbonyl (C=O) groups is 3. The summed E-state index contributed by atoms with van der Waals surface area (Å²) < 4.78 is 0. The third-order valence-corrected chi connectivity index (χ3v) is 4.75. The fourth-order valence-corrected chi connectivity index (χ4v) is 3.11. The van der Waals surface area contributed by atoms with Gasteiger partial charge in [0.25, 0.3) is 0 Å². The van der Waals surface area contributed by atoms with Gasteiger partial charge in [-0.3, -0.25) is 14.4 Å². The smallest absolute Gasteiger partial charge is 0.185 e. The average Bonchev–Trinajstić information content (AvgIpc) is 2.42. The van der Waals surface area contributed by atoms with Crippen molar-refractivity contribution >= 4 is 17.3 Å². The fourth-order valence-electron chi connectivity index (χ4n) is 3.11. The van der Waals surface area contributed by atoms with Gasteiger partial charge in [0.15, 0.2) is 28.6 Å². The Balaban J connectivity index is 6.79. The second-order valence-electron chi connectivity index (χ2n) is 6.50. The van der Waals surface area contributed by atoms with E-state index in [1.54, 1.807) is 0 Å². The zero-order valence-corrected chi connectivity index (χ0v) is 14.6. The predicted molar refractivity (Wildman–Crippen MR) is 80.9 cm³/mol. The summed E-state index contributed by atoms with van der Waals surface area (Å²) in [5.41, 5.74) is -12.6. The molecule has 0 amide bonds. The van der Waals surface area contributed by atoms with Crippen molar-refractivity contribution < 1.29 is 45.0 Å². The van der Waals surface area contributed by atoms with Crippen LogP contribution < -0.4 is 0 Å². The molecule has 9 nitrogen and oxygen atoms in total. The molecule has 0 aliphatic carbocycles. The molecule has 0 aromatic heterocycles. The van der Waals surface area contributed by atoms with Crippen molar-refractivity contribution in [1.82, 2.24) is 0 Å². The molecule has 0 aliphatic heterocycles. The molecule has 2 unspecified atom stereocenters. The molecule has 6 atom stereocenters. The number of carbonyl (C=O) groups excluding carboxylic acids is 3. The number of ketones is 3. The Morgan fingerprint density at radius 3 is 1.42 bits per heavy atom. The van der Waals surface area contributed by atoms with E-state index in [0.717, 1.165) is 27.7 Å². The summed E-state index contributed by atoms with van der Waals surface area (Å²) >= 11 is 0. The van der Waals surface area contributed by atoms with Gasteiger partial charge in [-0.05, 0) is 41.5 Å². The molecule has 6 N–H and O–H groups in total. The van der Waals surface area contributed by atoms with E-state index in [2.05, 4.69) is 0 Å². The van der Waals surface area contributed by atoms with Crippen LogP contribution >= 0.6 is 0 Å². The molecule has 24 heavy (non-hydrogen) atoms. The van der Waals surface area contributed by atoms with E-state index in [-0.39, 0.29) is 0 Å². The van der Waals surface area contributed by atoms with Crippen molar-refractivity contribution in [1.29, 1.82) is 0 Å². The van der Waals surface area contributed by atoms with Crippen LogP contribution in [-0.4, -0.2) is 82.6 Å². The highest BCUT2D eigenvalue weighted by Gasteiger charge is 2.72. The lowest BCUT2D eigenvalue weighted by molar-refractivity contribution is -0.295. The molecule has 0 aromatic carbocycles. The first kappa shape index (κ1) is 22.8. The molecule has 0 bridgehead atoms. The highest BCUT2D eigenvalue weighted by molar-refractivity contribution is 5.94. The van der Waals surface area contributed by atoms with Gasteiger partial charge in [0.05, 0.1) is 6.10 Å². The van der Waals surface area contributed by atoms with E-state index < -0.39 is 52.0 Å². The zero-order valence-electron chi connectivity index (χ0n) is 14.6. The number of aliphatic hydroxyl groups excluding tert-OH is 2. The van der Waals surface area contributed by atoms with Crippen LogP contribution in [0.3, 0.4) is 0 Å². The molecule has 0 radical (unpaired) electrons. The van der Waals surface area contributed by atoms with Gasteiger partial charge in [0.1, 0.15) is 17.3 Å². The zero-order chi connectivity index (χ0) is 19.9. The molecule has 0 heterocycles. The Morgan fingerprint density at radius 2 is 1.21 bits per heavy atom. The largest absolute Gasteiger partial charge is 0.390 e. The Labute approximate surface area is 139 Å². The lowest BCUT2D eigenvalue weighted by Gasteiger charge is -2.54.